The van der Waals surface area contributed by atoms with Crippen LogP contribution in [-0.2, 0) is 24.1 Å². The Balaban J connectivity index is 1.30. The van der Waals surface area contributed by atoms with E-state index in [1.807, 2.05) is 30.3 Å². The molecule has 196 valence electrons. The quantitative estimate of drug-likeness (QED) is 0.134. The molecule has 3 heterocycles. The van der Waals surface area contributed by atoms with Gasteiger partial charge in [0.15, 0.2) is 0 Å². The van der Waals surface area contributed by atoms with Crippen molar-refractivity contribution in [1.82, 2.24) is 5.32 Å². The molecule has 1 aliphatic rings. The summed E-state index contributed by atoms with van der Waals surface area (Å²) in [5.41, 5.74) is 3.12. The number of fused-ring (bicyclic) bond motifs is 1. The summed E-state index contributed by atoms with van der Waals surface area (Å²) < 4.78 is 16.6. The van der Waals surface area contributed by atoms with Gasteiger partial charge in [0, 0.05) is 10.4 Å². The standard InChI is InChI=1S/C30H30N2O5S/c1-2-3-16-36-30(34)21-12-10-20(11-13-21)25-15-14-23(37-25)19-32-29-27(24-8-4-5-9-26(24)38-29)28(33)31-18-22-7-6-17-35-22/h6-7,10-15,17,19H,2-5,8-9,16,18H2,1H3,(H,31,33). The highest BCUT2D eigenvalue weighted by molar-refractivity contribution is 7.16. The van der Waals surface area contributed by atoms with E-state index in [4.69, 9.17) is 13.6 Å². The third-order valence-corrected chi connectivity index (χ3v) is 7.65. The average Bonchev–Trinajstić information content (AvgIpc) is 3.71. The molecule has 7 nitrogen and oxygen atoms in total. The third-order valence-electron chi connectivity index (χ3n) is 6.46. The van der Waals surface area contributed by atoms with Crippen LogP contribution in [0.2, 0.25) is 0 Å². The number of amides is 1. The first-order valence-electron chi connectivity index (χ1n) is 13.0. The first-order valence-corrected chi connectivity index (χ1v) is 13.8. The zero-order valence-electron chi connectivity index (χ0n) is 21.3. The molecule has 8 heteroatoms. The van der Waals surface area contributed by atoms with Crippen LogP contribution in [-0.4, -0.2) is 24.7 Å². The summed E-state index contributed by atoms with van der Waals surface area (Å²) in [7, 11) is 0. The smallest absolute Gasteiger partial charge is 0.338 e. The fourth-order valence-electron chi connectivity index (χ4n) is 4.41. The van der Waals surface area contributed by atoms with Crippen LogP contribution < -0.4 is 5.32 Å². The van der Waals surface area contributed by atoms with E-state index in [0.717, 1.165) is 49.7 Å². The number of aryl methyl sites for hydroxylation is 1. The minimum Gasteiger partial charge on any atom is -0.467 e. The van der Waals surface area contributed by atoms with E-state index >= 15 is 0 Å². The van der Waals surface area contributed by atoms with E-state index in [-0.39, 0.29) is 11.9 Å². The Bertz CT molecular complexity index is 1410. The van der Waals surface area contributed by atoms with Gasteiger partial charge in [-0.2, -0.15) is 0 Å². The lowest BCUT2D eigenvalue weighted by molar-refractivity contribution is 0.0499. The Labute approximate surface area is 225 Å². The van der Waals surface area contributed by atoms with Gasteiger partial charge in [0.05, 0.1) is 36.8 Å². The fourth-order valence-corrected chi connectivity index (χ4v) is 5.64. The molecule has 0 saturated carbocycles. The van der Waals surface area contributed by atoms with Crippen molar-refractivity contribution in [2.75, 3.05) is 6.61 Å². The average molecular weight is 531 g/mol. The maximum Gasteiger partial charge on any atom is 0.338 e. The number of furan rings is 2. The number of aliphatic imine (C=N–C) groups is 1. The Hall–Kier alpha value is -3.91. The number of esters is 1. The highest BCUT2D eigenvalue weighted by Crippen LogP contribution is 2.40. The van der Waals surface area contributed by atoms with Crippen LogP contribution >= 0.6 is 11.3 Å². The number of rotatable bonds is 10. The van der Waals surface area contributed by atoms with Gasteiger partial charge in [-0.15, -0.1) is 11.3 Å². The molecule has 0 bridgehead atoms. The van der Waals surface area contributed by atoms with Gasteiger partial charge in [-0.3, -0.25) is 4.79 Å². The number of unbranched alkanes of at least 4 members (excludes halogenated alkanes) is 1. The van der Waals surface area contributed by atoms with Crippen LogP contribution in [0, 0.1) is 0 Å². The van der Waals surface area contributed by atoms with Crippen LogP contribution in [0.25, 0.3) is 11.3 Å². The molecule has 1 aliphatic carbocycles. The summed E-state index contributed by atoms with van der Waals surface area (Å²) in [6.45, 7) is 2.81. The Morgan fingerprint density at radius 2 is 1.95 bits per heavy atom. The number of hydrogen-bond acceptors (Lipinski definition) is 7. The van der Waals surface area contributed by atoms with Gasteiger partial charge in [-0.1, -0.05) is 25.5 Å². The summed E-state index contributed by atoms with van der Waals surface area (Å²) in [6.07, 6.45) is 9.14. The molecular weight excluding hydrogens is 500 g/mol. The van der Waals surface area contributed by atoms with Gasteiger partial charge in [-0.25, -0.2) is 9.79 Å². The van der Waals surface area contributed by atoms with Gasteiger partial charge >= 0.3 is 5.97 Å². The van der Waals surface area contributed by atoms with E-state index in [1.165, 1.54) is 4.88 Å². The highest BCUT2D eigenvalue weighted by atomic mass is 32.1. The van der Waals surface area contributed by atoms with Crippen LogP contribution in [0.3, 0.4) is 0 Å². The second kappa shape index (κ2) is 12.1. The third kappa shape index (κ3) is 5.97. The molecule has 1 aromatic carbocycles. The number of carbonyl (C=O) groups is 2. The molecule has 0 fully saturated rings. The molecule has 0 aliphatic heterocycles. The van der Waals surface area contributed by atoms with Gasteiger partial charge in [0.2, 0.25) is 0 Å². The van der Waals surface area contributed by atoms with E-state index in [9.17, 15) is 9.59 Å². The van der Waals surface area contributed by atoms with Gasteiger partial charge in [0.25, 0.3) is 5.91 Å². The number of ether oxygens (including phenoxy) is 1. The number of nitrogens with zero attached hydrogens (tertiary/aromatic N) is 1. The van der Waals surface area contributed by atoms with Crippen molar-refractivity contribution < 1.29 is 23.2 Å². The maximum absolute atomic E-state index is 13.2. The summed E-state index contributed by atoms with van der Waals surface area (Å²) in [4.78, 5) is 31.2. The highest BCUT2D eigenvalue weighted by Gasteiger charge is 2.25. The number of carbonyl (C=O) groups excluding carboxylic acids is 2. The van der Waals surface area contributed by atoms with Crippen molar-refractivity contribution in [1.29, 1.82) is 0 Å². The van der Waals surface area contributed by atoms with Gasteiger partial charge in [-0.05, 0) is 74.1 Å². The van der Waals surface area contributed by atoms with E-state index < -0.39 is 0 Å². The molecule has 5 rings (SSSR count). The predicted molar refractivity (Wildman–Crippen MR) is 147 cm³/mol. The van der Waals surface area contributed by atoms with E-state index in [1.54, 1.807) is 42.0 Å². The summed E-state index contributed by atoms with van der Waals surface area (Å²) in [5, 5.41) is 3.66. The summed E-state index contributed by atoms with van der Waals surface area (Å²) in [6, 6.07) is 14.5. The minimum atomic E-state index is -0.320. The molecule has 3 aromatic heterocycles. The Morgan fingerprint density at radius 1 is 1.11 bits per heavy atom. The van der Waals surface area contributed by atoms with Crippen molar-refractivity contribution >= 4 is 34.4 Å². The Morgan fingerprint density at radius 3 is 2.74 bits per heavy atom. The lowest BCUT2D eigenvalue weighted by atomic mass is 9.95. The molecule has 0 saturated heterocycles. The number of hydrogen-bond donors (Lipinski definition) is 1. The molecule has 0 unspecified atom stereocenters. The molecule has 38 heavy (non-hydrogen) atoms. The topological polar surface area (TPSA) is 94.0 Å². The summed E-state index contributed by atoms with van der Waals surface area (Å²) >= 11 is 1.58. The minimum absolute atomic E-state index is 0.138. The predicted octanol–water partition coefficient (Wildman–Crippen LogP) is 7.12. The molecule has 0 spiro atoms. The van der Waals surface area contributed by atoms with E-state index in [2.05, 4.69) is 17.2 Å². The number of nitrogens with one attached hydrogen (secondary N) is 1. The van der Waals surface area contributed by atoms with Crippen molar-refractivity contribution in [3.05, 3.63) is 87.9 Å². The zero-order valence-corrected chi connectivity index (χ0v) is 22.1. The normalized spacial score (nSPS) is 13.0. The van der Waals surface area contributed by atoms with Crippen molar-refractivity contribution in [2.24, 2.45) is 4.99 Å². The maximum atomic E-state index is 13.2. The number of thiophene rings is 1. The number of benzene rings is 1. The van der Waals surface area contributed by atoms with E-state index in [0.29, 0.717) is 46.6 Å². The second-order valence-electron chi connectivity index (χ2n) is 9.18. The van der Waals surface area contributed by atoms with Crippen molar-refractivity contribution in [3.63, 3.8) is 0 Å². The van der Waals surface area contributed by atoms with Gasteiger partial charge in [0.1, 0.15) is 22.3 Å². The van der Waals surface area contributed by atoms with Crippen LogP contribution in [0.15, 0.2) is 68.6 Å². The molecule has 1 amide bonds. The van der Waals surface area contributed by atoms with Crippen LogP contribution in [0.5, 0.6) is 0 Å². The van der Waals surface area contributed by atoms with Gasteiger partial charge < -0.3 is 18.9 Å². The molecule has 0 atom stereocenters. The summed E-state index contributed by atoms with van der Waals surface area (Å²) in [5.74, 6) is 1.49. The fraction of sp³-hybridized carbons (Fsp3) is 0.300. The first kappa shape index (κ1) is 25.7. The SMILES string of the molecule is CCCCOC(=O)c1ccc(-c2ccc(C=Nc3sc4c(c3C(=O)NCc3ccco3)CCCC4)o2)cc1. The molecule has 4 aromatic rings. The molecule has 0 radical (unpaired) electrons. The largest absolute Gasteiger partial charge is 0.467 e. The molecule has 1 N–H and O–H groups in total. The molecular formula is C30H30N2O5S. The lowest BCUT2D eigenvalue weighted by Gasteiger charge is -2.12. The van der Waals surface area contributed by atoms with Crippen LogP contribution in [0.1, 0.15) is 75.3 Å². The van der Waals surface area contributed by atoms with Crippen molar-refractivity contribution in [2.45, 2.75) is 52.0 Å². The zero-order chi connectivity index (χ0) is 26.3. The van der Waals surface area contributed by atoms with Crippen molar-refractivity contribution in [3.8, 4) is 11.3 Å². The monoisotopic (exact) mass is 530 g/mol. The lowest BCUT2D eigenvalue weighted by Crippen LogP contribution is -2.23. The Kier molecular flexibility index (Phi) is 8.19. The van der Waals surface area contributed by atoms with Crippen LogP contribution in [0.4, 0.5) is 5.00 Å². The second-order valence-corrected chi connectivity index (χ2v) is 10.3. The first-order chi connectivity index (χ1) is 18.6.